The van der Waals surface area contributed by atoms with Crippen LogP contribution in [0.25, 0.3) is 0 Å². The van der Waals surface area contributed by atoms with E-state index in [4.69, 9.17) is 9.84 Å². The summed E-state index contributed by atoms with van der Waals surface area (Å²) in [7, 11) is 0. The van der Waals surface area contributed by atoms with Gasteiger partial charge in [-0.05, 0) is 18.4 Å². The van der Waals surface area contributed by atoms with E-state index in [2.05, 4.69) is 5.32 Å². The highest BCUT2D eigenvalue weighted by Gasteiger charge is 2.31. The molecule has 2 amide bonds. The number of carbonyl (C=O) groups excluding carboxylic acids is 1. The number of aliphatic hydroxyl groups excluding tert-OH is 1. The largest absolute Gasteiger partial charge is 0.479 e. The number of aliphatic carboxylic acids is 1. The van der Waals surface area contributed by atoms with E-state index in [0.29, 0.717) is 11.4 Å². The minimum Gasteiger partial charge on any atom is -0.479 e. The molecule has 2 rings (SSSR count). The van der Waals surface area contributed by atoms with Gasteiger partial charge >= 0.3 is 12.0 Å². The number of hydrogen-bond donors (Lipinski definition) is 3. The molecule has 0 saturated carbocycles. The molecule has 7 nitrogen and oxygen atoms in total. The van der Waals surface area contributed by atoms with E-state index < -0.39 is 24.1 Å². The first-order valence-corrected chi connectivity index (χ1v) is 7.47. The summed E-state index contributed by atoms with van der Waals surface area (Å²) in [4.78, 5) is 25.6. The molecule has 0 spiro atoms. The number of carboxylic acid groups (broad SMARTS) is 1. The van der Waals surface area contributed by atoms with Crippen LogP contribution in [-0.4, -0.2) is 59.0 Å². The molecule has 2 heterocycles. The Balaban J connectivity index is 2.03. The molecule has 8 heteroatoms. The van der Waals surface area contributed by atoms with Crippen molar-refractivity contribution in [2.45, 2.75) is 25.2 Å². The van der Waals surface area contributed by atoms with Crippen molar-refractivity contribution >= 4 is 23.3 Å². The standard InChI is InChI=1S/C13H18N2O5S/c1-8-5-15(6-9(7-16)20-8)13(19)14-11(12(17)18)10-3-2-4-21-10/h2-4,8-9,11,16H,5-7H2,1H3,(H,14,19)(H,17,18). The van der Waals surface area contributed by atoms with Gasteiger partial charge in [0.1, 0.15) is 0 Å². The third-order valence-electron chi connectivity index (χ3n) is 3.16. The SMILES string of the molecule is CC1CN(C(=O)NC(C(=O)O)c2cccs2)CC(CO)O1. The number of hydrogen-bond acceptors (Lipinski definition) is 5. The van der Waals surface area contributed by atoms with Gasteiger partial charge in [0.05, 0.1) is 25.4 Å². The summed E-state index contributed by atoms with van der Waals surface area (Å²) in [5, 5.41) is 22.7. The topological polar surface area (TPSA) is 99.1 Å². The number of ether oxygens (including phenoxy) is 1. The second-order valence-electron chi connectivity index (χ2n) is 4.89. The Bertz CT molecular complexity index is 493. The fourth-order valence-corrected chi connectivity index (χ4v) is 3.00. The molecule has 116 valence electrons. The van der Waals surface area contributed by atoms with Crippen LogP contribution >= 0.6 is 11.3 Å². The molecule has 3 unspecified atom stereocenters. The molecule has 0 bridgehead atoms. The number of morpholine rings is 1. The number of nitrogens with zero attached hydrogens (tertiary/aromatic N) is 1. The predicted octanol–water partition coefficient (Wildman–Crippen LogP) is 0.665. The Labute approximate surface area is 126 Å². The van der Waals surface area contributed by atoms with Gasteiger partial charge in [0.25, 0.3) is 0 Å². The zero-order valence-corrected chi connectivity index (χ0v) is 12.4. The van der Waals surface area contributed by atoms with Crippen LogP contribution in [0.15, 0.2) is 17.5 Å². The summed E-state index contributed by atoms with van der Waals surface area (Å²) in [5.74, 6) is -1.11. The molecule has 0 aliphatic carbocycles. The summed E-state index contributed by atoms with van der Waals surface area (Å²) >= 11 is 1.27. The molecule has 1 fully saturated rings. The molecule has 1 aliphatic rings. The van der Waals surface area contributed by atoms with Crippen molar-refractivity contribution in [1.29, 1.82) is 0 Å². The summed E-state index contributed by atoms with van der Waals surface area (Å²) in [6, 6.07) is 1.87. The molecular weight excluding hydrogens is 296 g/mol. The predicted molar refractivity (Wildman–Crippen MR) is 76.2 cm³/mol. The number of aliphatic hydroxyl groups is 1. The van der Waals surface area contributed by atoms with Gasteiger partial charge in [0.2, 0.25) is 0 Å². The van der Waals surface area contributed by atoms with Gasteiger partial charge < -0.3 is 25.2 Å². The third-order valence-corrected chi connectivity index (χ3v) is 4.10. The number of thiophene rings is 1. The van der Waals surface area contributed by atoms with Crippen molar-refractivity contribution in [2.24, 2.45) is 0 Å². The van der Waals surface area contributed by atoms with Crippen LogP contribution in [0.5, 0.6) is 0 Å². The van der Waals surface area contributed by atoms with E-state index >= 15 is 0 Å². The maximum atomic E-state index is 12.2. The quantitative estimate of drug-likeness (QED) is 0.758. The van der Waals surface area contributed by atoms with Gasteiger partial charge in [-0.2, -0.15) is 0 Å². The molecule has 1 aromatic rings. The Kier molecular flexibility index (Phi) is 5.16. The zero-order chi connectivity index (χ0) is 15.4. The molecule has 1 saturated heterocycles. The number of carbonyl (C=O) groups is 2. The van der Waals surface area contributed by atoms with Crippen molar-refractivity contribution in [2.75, 3.05) is 19.7 Å². The molecule has 0 aromatic carbocycles. The van der Waals surface area contributed by atoms with Crippen molar-refractivity contribution in [3.8, 4) is 0 Å². The molecule has 3 atom stereocenters. The van der Waals surface area contributed by atoms with Crippen LogP contribution < -0.4 is 5.32 Å². The Morgan fingerprint density at radius 2 is 2.33 bits per heavy atom. The first kappa shape index (κ1) is 15.7. The van der Waals surface area contributed by atoms with E-state index in [-0.39, 0.29) is 19.3 Å². The monoisotopic (exact) mass is 314 g/mol. The van der Waals surface area contributed by atoms with E-state index in [0.717, 1.165) is 0 Å². The van der Waals surface area contributed by atoms with Crippen LogP contribution in [-0.2, 0) is 9.53 Å². The second kappa shape index (κ2) is 6.88. The van der Waals surface area contributed by atoms with Gasteiger partial charge in [0, 0.05) is 11.4 Å². The Hall–Kier alpha value is -1.64. The van der Waals surface area contributed by atoms with Crippen molar-refractivity contribution in [3.63, 3.8) is 0 Å². The van der Waals surface area contributed by atoms with E-state index in [1.165, 1.54) is 16.2 Å². The van der Waals surface area contributed by atoms with Crippen molar-refractivity contribution in [1.82, 2.24) is 10.2 Å². The highest BCUT2D eigenvalue weighted by molar-refractivity contribution is 7.10. The average molecular weight is 314 g/mol. The highest BCUT2D eigenvalue weighted by atomic mass is 32.1. The molecule has 3 N–H and O–H groups in total. The normalized spacial score (nSPS) is 23.6. The molecule has 0 radical (unpaired) electrons. The lowest BCUT2D eigenvalue weighted by atomic mass is 10.2. The minimum absolute atomic E-state index is 0.179. The van der Waals surface area contributed by atoms with Gasteiger partial charge in [-0.1, -0.05) is 6.07 Å². The molecule has 21 heavy (non-hydrogen) atoms. The Morgan fingerprint density at radius 3 is 2.90 bits per heavy atom. The molecule has 1 aliphatic heterocycles. The summed E-state index contributed by atoms with van der Waals surface area (Å²) in [6.07, 6.45) is -0.642. The zero-order valence-electron chi connectivity index (χ0n) is 11.6. The number of carboxylic acids is 1. The van der Waals surface area contributed by atoms with E-state index in [9.17, 15) is 14.7 Å². The number of nitrogens with one attached hydrogen (secondary N) is 1. The lowest BCUT2D eigenvalue weighted by molar-refractivity contribution is -0.139. The first-order chi connectivity index (χ1) is 10.0. The van der Waals surface area contributed by atoms with Crippen molar-refractivity contribution in [3.05, 3.63) is 22.4 Å². The average Bonchev–Trinajstić information content (AvgIpc) is 2.97. The van der Waals surface area contributed by atoms with Crippen LogP contribution in [0, 0.1) is 0 Å². The summed E-state index contributed by atoms with van der Waals surface area (Å²) in [5.41, 5.74) is 0. The maximum Gasteiger partial charge on any atom is 0.331 e. The smallest absolute Gasteiger partial charge is 0.331 e. The summed E-state index contributed by atoms with van der Waals surface area (Å²) < 4.78 is 5.45. The first-order valence-electron chi connectivity index (χ1n) is 6.59. The minimum atomic E-state index is -1.11. The number of urea groups is 1. The van der Waals surface area contributed by atoms with E-state index in [1.807, 2.05) is 0 Å². The Morgan fingerprint density at radius 1 is 1.57 bits per heavy atom. The molecule has 1 aromatic heterocycles. The fourth-order valence-electron chi connectivity index (χ4n) is 2.24. The highest BCUT2D eigenvalue weighted by Crippen LogP contribution is 2.20. The van der Waals surface area contributed by atoms with Gasteiger partial charge in [-0.15, -0.1) is 11.3 Å². The maximum absolute atomic E-state index is 12.2. The number of rotatable bonds is 4. The fraction of sp³-hybridized carbons (Fsp3) is 0.538. The van der Waals surface area contributed by atoms with Gasteiger partial charge in [-0.3, -0.25) is 0 Å². The summed E-state index contributed by atoms with van der Waals surface area (Å²) in [6.45, 7) is 2.22. The van der Waals surface area contributed by atoms with Crippen LogP contribution in [0.4, 0.5) is 4.79 Å². The van der Waals surface area contributed by atoms with Crippen LogP contribution in [0.3, 0.4) is 0 Å². The van der Waals surface area contributed by atoms with Crippen LogP contribution in [0.1, 0.15) is 17.8 Å². The lowest BCUT2D eigenvalue weighted by Gasteiger charge is -2.36. The third kappa shape index (κ3) is 3.93. The van der Waals surface area contributed by atoms with Crippen LogP contribution in [0.2, 0.25) is 0 Å². The molecular formula is C13H18N2O5S. The van der Waals surface area contributed by atoms with E-state index in [1.54, 1.807) is 24.4 Å². The lowest BCUT2D eigenvalue weighted by Crippen LogP contribution is -2.54. The van der Waals surface area contributed by atoms with Gasteiger partial charge in [-0.25, -0.2) is 9.59 Å². The second-order valence-corrected chi connectivity index (χ2v) is 5.87. The van der Waals surface area contributed by atoms with Crippen molar-refractivity contribution < 1.29 is 24.5 Å². The van der Waals surface area contributed by atoms with Gasteiger partial charge in [0.15, 0.2) is 6.04 Å². The number of amides is 2.